The molecule has 0 fully saturated rings. The molecule has 1 nitrogen and oxygen atoms in total. The van der Waals surface area contributed by atoms with Crippen LogP contribution in [0.3, 0.4) is 0 Å². The van der Waals surface area contributed by atoms with Gasteiger partial charge in [0.2, 0.25) is 0 Å². The zero-order chi connectivity index (χ0) is 14.0. The van der Waals surface area contributed by atoms with E-state index in [1.165, 1.54) is 12.1 Å². The summed E-state index contributed by atoms with van der Waals surface area (Å²) in [5.74, 6) is -0.725. The molecule has 0 radical (unpaired) electrons. The molecule has 0 atom stereocenters. The van der Waals surface area contributed by atoms with Crippen molar-refractivity contribution in [3.05, 3.63) is 68.4 Å². The van der Waals surface area contributed by atoms with Crippen LogP contribution in [-0.2, 0) is 6.42 Å². The Labute approximate surface area is 124 Å². The van der Waals surface area contributed by atoms with Gasteiger partial charge in [0.1, 0.15) is 5.82 Å². The highest BCUT2D eigenvalue weighted by molar-refractivity contribution is 6.35. The van der Waals surface area contributed by atoms with Crippen LogP contribution in [0.1, 0.15) is 15.9 Å². The number of ketones is 1. The first kappa shape index (κ1) is 14.3. The molecule has 0 saturated carbocycles. The first-order valence-corrected chi connectivity index (χ1v) is 6.53. The van der Waals surface area contributed by atoms with Gasteiger partial charge in [-0.25, -0.2) is 4.39 Å². The Morgan fingerprint density at radius 1 is 1.00 bits per heavy atom. The van der Waals surface area contributed by atoms with E-state index in [1.807, 2.05) is 0 Å². The van der Waals surface area contributed by atoms with Crippen LogP contribution in [0.2, 0.25) is 15.1 Å². The van der Waals surface area contributed by atoms with Gasteiger partial charge < -0.3 is 0 Å². The summed E-state index contributed by atoms with van der Waals surface area (Å²) in [6.07, 6.45) is 0.0603. The first-order chi connectivity index (χ1) is 8.97. The van der Waals surface area contributed by atoms with E-state index in [9.17, 15) is 9.18 Å². The summed E-state index contributed by atoms with van der Waals surface area (Å²) < 4.78 is 12.9. The maximum atomic E-state index is 12.9. The molecule has 0 amide bonds. The molecule has 0 unspecified atom stereocenters. The third-order valence-corrected chi connectivity index (χ3v) is 3.51. The topological polar surface area (TPSA) is 17.1 Å². The van der Waals surface area contributed by atoms with Crippen molar-refractivity contribution in [3.8, 4) is 0 Å². The molecule has 0 aliphatic rings. The van der Waals surface area contributed by atoms with E-state index >= 15 is 0 Å². The fourth-order valence-electron chi connectivity index (χ4n) is 1.66. The van der Waals surface area contributed by atoms with Gasteiger partial charge in [0, 0.05) is 22.0 Å². The number of halogens is 4. The molecule has 0 aliphatic heterocycles. The summed E-state index contributed by atoms with van der Waals surface area (Å²) >= 11 is 17.7. The first-order valence-electron chi connectivity index (χ1n) is 5.39. The highest BCUT2D eigenvalue weighted by atomic mass is 35.5. The molecule has 2 aromatic rings. The number of benzene rings is 2. The Kier molecular flexibility index (Phi) is 4.46. The van der Waals surface area contributed by atoms with Gasteiger partial charge in [-0.1, -0.05) is 34.8 Å². The minimum atomic E-state index is -0.484. The number of hydrogen-bond acceptors (Lipinski definition) is 1. The van der Waals surface area contributed by atoms with Gasteiger partial charge in [-0.2, -0.15) is 0 Å². The van der Waals surface area contributed by atoms with Crippen LogP contribution in [-0.4, -0.2) is 5.78 Å². The monoisotopic (exact) mass is 316 g/mol. The van der Waals surface area contributed by atoms with E-state index in [0.717, 1.165) is 6.07 Å². The Bertz CT molecular complexity index is 641. The lowest BCUT2D eigenvalue weighted by Gasteiger charge is -2.06. The van der Waals surface area contributed by atoms with E-state index < -0.39 is 5.82 Å². The number of carbonyl (C=O) groups is 1. The second kappa shape index (κ2) is 5.91. The molecular weight excluding hydrogens is 310 g/mol. The summed E-state index contributed by atoms with van der Waals surface area (Å²) in [5, 5.41) is 1.04. The third-order valence-electron chi connectivity index (χ3n) is 2.59. The van der Waals surface area contributed by atoms with Crippen LogP contribution >= 0.6 is 34.8 Å². The summed E-state index contributed by atoms with van der Waals surface area (Å²) in [6.45, 7) is 0. The molecule has 0 aliphatic carbocycles. The van der Waals surface area contributed by atoms with Gasteiger partial charge >= 0.3 is 0 Å². The molecule has 98 valence electrons. The largest absolute Gasteiger partial charge is 0.294 e. The molecule has 0 heterocycles. The van der Waals surface area contributed by atoms with Crippen molar-refractivity contribution in [1.29, 1.82) is 0 Å². The maximum Gasteiger partial charge on any atom is 0.168 e. The number of carbonyl (C=O) groups excluding carboxylic acids is 1. The van der Waals surface area contributed by atoms with Crippen LogP contribution < -0.4 is 0 Å². The fourth-order valence-corrected chi connectivity index (χ4v) is 2.31. The number of hydrogen-bond donors (Lipinski definition) is 0. The lowest BCUT2D eigenvalue weighted by atomic mass is 10.0. The average molecular weight is 318 g/mol. The molecule has 19 heavy (non-hydrogen) atoms. The Morgan fingerprint density at radius 3 is 2.42 bits per heavy atom. The van der Waals surface area contributed by atoms with E-state index in [1.54, 1.807) is 18.2 Å². The molecule has 5 heteroatoms. The van der Waals surface area contributed by atoms with Crippen molar-refractivity contribution in [2.75, 3.05) is 0 Å². The summed E-state index contributed by atoms with van der Waals surface area (Å²) in [7, 11) is 0. The van der Waals surface area contributed by atoms with Crippen molar-refractivity contribution < 1.29 is 9.18 Å². The average Bonchev–Trinajstić information content (AvgIpc) is 2.33. The normalized spacial score (nSPS) is 10.5. The molecule has 0 saturated heterocycles. The molecule has 0 bridgehead atoms. The number of rotatable bonds is 3. The van der Waals surface area contributed by atoms with Crippen LogP contribution in [0, 0.1) is 5.82 Å². The molecule has 0 spiro atoms. The second-order valence-electron chi connectivity index (χ2n) is 3.96. The third kappa shape index (κ3) is 3.47. The minimum Gasteiger partial charge on any atom is -0.294 e. The van der Waals surface area contributed by atoms with Crippen LogP contribution in [0.4, 0.5) is 4.39 Å². The Balaban J connectivity index is 2.28. The van der Waals surface area contributed by atoms with E-state index in [0.29, 0.717) is 15.6 Å². The van der Waals surface area contributed by atoms with Crippen LogP contribution in [0.5, 0.6) is 0 Å². The fraction of sp³-hybridized carbons (Fsp3) is 0.0714. The maximum absolute atomic E-state index is 12.9. The minimum absolute atomic E-state index is 0.0603. The van der Waals surface area contributed by atoms with Crippen molar-refractivity contribution in [3.63, 3.8) is 0 Å². The highest BCUT2D eigenvalue weighted by Crippen LogP contribution is 2.24. The smallest absolute Gasteiger partial charge is 0.168 e. The highest BCUT2D eigenvalue weighted by Gasteiger charge is 2.13. The number of Topliss-reactive ketones (excluding diaryl/α,β-unsaturated/α-hetero) is 1. The Hall–Kier alpha value is -1.09. The van der Waals surface area contributed by atoms with Crippen molar-refractivity contribution in [2.24, 2.45) is 0 Å². The molecule has 2 rings (SSSR count). The van der Waals surface area contributed by atoms with Crippen molar-refractivity contribution in [2.45, 2.75) is 6.42 Å². The van der Waals surface area contributed by atoms with Gasteiger partial charge in [0.15, 0.2) is 5.78 Å². The molecular formula is C14H8Cl3FO. The second-order valence-corrected chi connectivity index (χ2v) is 5.21. The molecule has 0 N–H and O–H groups in total. The predicted molar refractivity (Wildman–Crippen MR) is 75.9 cm³/mol. The summed E-state index contributed by atoms with van der Waals surface area (Å²) in [4.78, 5) is 12.1. The lowest BCUT2D eigenvalue weighted by Crippen LogP contribution is -2.05. The van der Waals surface area contributed by atoms with Gasteiger partial charge in [-0.3, -0.25) is 4.79 Å². The lowest BCUT2D eigenvalue weighted by molar-refractivity contribution is 0.0993. The summed E-state index contributed by atoms with van der Waals surface area (Å²) in [6, 6.07) is 8.55. The summed E-state index contributed by atoms with van der Waals surface area (Å²) in [5.41, 5.74) is 0.874. The van der Waals surface area contributed by atoms with E-state index in [4.69, 9.17) is 34.8 Å². The zero-order valence-electron chi connectivity index (χ0n) is 9.59. The van der Waals surface area contributed by atoms with Crippen LogP contribution in [0.25, 0.3) is 0 Å². The van der Waals surface area contributed by atoms with Crippen molar-refractivity contribution in [1.82, 2.24) is 0 Å². The molecule has 2 aromatic carbocycles. The standard InChI is InChI=1S/C14H8Cl3FO/c15-9-1-4-12(16)8(5-9)6-14(19)11-3-2-10(18)7-13(11)17/h1-5,7H,6H2. The Morgan fingerprint density at radius 2 is 1.74 bits per heavy atom. The van der Waals surface area contributed by atoms with Crippen molar-refractivity contribution >= 4 is 40.6 Å². The SMILES string of the molecule is O=C(Cc1cc(Cl)ccc1Cl)c1ccc(F)cc1Cl. The van der Waals surface area contributed by atoms with Crippen LogP contribution in [0.15, 0.2) is 36.4 Å². The van der Waals surface area contributed by atoms with Gasteiger partial charge in [-0.15, -0.1) is 0 Å². The quantitative estimate of drug-likeness (QED) is 0.710. The van der Waals surface area contributed by atoms with Gasteiger partial charge in [-0.05, 0) is 42.0 Å². The van der Waals surface area contributed by atoms with Gasteiger partial charge in [0.05, 0.1) is 5.02 Å². The zero-order valence-corrected chi connectivity index (χ0v) is 11.9. The van der Waals surface area contributed by atoms with E-state index in [2.05, 4.69) is 0 Å². The van der Waals surface area contributed by atoms with Gasteiger partial charge in [0.25, 0.3) is 0 Å². The molecule has 0 aromatic heterocycles. The van der Waals surface area contributed by atoms with E-state index in [-0.39, 0.29) is 22.8 Å². The predicted octanol–water partition coefficient (Wildman–Crippen LogP) is 5.21.